The van der Waals surface area contributed by atoms with E-state index in [1.54, 1.807) is 35.8 Å². The molecule has 2 aromatic carbocycles. The average Bonchev–Trinajstić information content (AvgIpc) is 3.56. The van der Waals surface area contributed by atoms with Crippen molar-refractivity contribution in [1.29, 1.82) is 0 Å². The van der Waals surface area contributed by atoms with Gasteiger partial charge in [0, 0.05) is 50.8 Å². The Morgan fingerprint density at radius 2 is 2.03 bits per heavy atom. The molecule has 1 saturated heterocycles. The lowest BCUT2D eigenvalue weighted by Gasteiger charge is -2.19. The molecule has 0 unspecified atom stereocenters. The first-order chi connectivity index (χ1) is 16.4. The topological polar surface area (TPSA) is 96.3 Å². The van der Waals surface area contributed by atoms with E-state index >= 15 is 0 Å². The minimum atomic E-state index is -3.68. The molecule has 0 saturated carbocycles. The van der Waals surface area contributed by atoms with E-state index in [4.69, 9.17) is 11.6 Å². The van der Waals surface area contributed by atoms with Crippen molar-refractivity contribution in [2.24, 2.45) is 0 Å². The largest absolute Gasteiger partial charge is 0.369 e. The lowest BCUT2D eigenvalue weighted by atomic mass is 10.2. The van der Waals surface area contributed by atoms with Crippen LogP contribution in [0, 0.1) is 0 Å². The first kappa shape index (κ1) is 22.7. The molecule has 2 N–H and O–H groups in total. The monoisotopic (exact) mass is 519 g/mol. The zero-order chi connectivity index (χ0) is 23.7. The van der Waals surface area contributed by atoms with Gasteiger partial charge in [-0.25, -0.2) is 13.4 Å². The molecule has 0 spiro atoms. The van der Waals surface area contributed by atoms with Crippen LogP contribution in [0.5, 0.6) is 0 Å². The number of fused-ring (bicyclic) bond motifs is 1. The Morgan fingerprint density at radius 1 is 1.21 bits per heavy atom. The van der Waals surface area contributed by atoms with Crippen molar-refractivity contribution in [3.05, 3.63) is 71.3 Å². The van der Waals surface area contributed by atoms with Crippen LogP contribution in [0.3, 0.4) is 0 Å². The molecule has 8 nitrogen and oxygen atoms in total. The van der Waals surface area contributed by atoms with Gasteiger partial charge in [0.1, 0.15) is 6.54 Å². The summed E-state index contributed by atoms with van der Waals surface area (Å²) in [5, 5.41) is 6.76. The minimum Gasteiger partial charge on any atom is -0.369 e. The van der Waals surface area contributed by atoms with Gasteiger partial charge in [0.2, 0.25) is 5.91 Å². The highest BCUT2D eigenvalue weighted by molar-refractivity contribution is 7.93. The number of carbonyl (C=O) groups is 1. The van der Waals surface area contributed by atoms with Crippen LogP contribution in [0.25, 0.3) is 10.9 Å². The predicted octanol–water partition coefficient (Wildman–Crippen LogP) is 4.44. The fraction of sp³-hybridized carbons (Fsp3) is 0.217. The van der Waals surface area contributed by atoms with Crippen molar-refractivity contribution in [3.8, 4) is 0 Å². The van der Waals surface area contributed by atoms with Crippen LogP contribution in [0.1, 0.15) is 9.27 Å². The highest BCUT2D eigenvalue weighted by Gasteiger charge is 2.25. The Morgan fingerprint density at radius 3 is 2.79 bits per heavy atom. The molecule has 0 radical (unpaired) electrons. The molecule has 1 atom stereocenters. The van der Waals surface area contributed by atoms with E-state index < -0.39 is 10.0 Å². The smallest absolute Gasteiger partial charge is 0.263 e. The van der Waals surface area contributed by atoms with Crippen LogP contribution in [0.4, 0.5) is 10.8 Å². The SMILES string of the molecule is O=C(Cn1ccc2cccc(Cl)c21)N[C@H]1CCN(c2ccc(S(=O)(=O)Nc3nccs3)cc2)C1.[HH].[HH]. The summed E-state index contributed by atoms with van der Waals surface area (Å²) in [6.07, 6.45) is 4.23. The highest BCUT2D eigenvalue weighted by Crippen LogP contribution is 2.26. The van der Waals surface area contributed by atoms with Crippen LogP contribution in [-0.2, 0) is 21.4 Å². The van der Waals surface area contributed by atoms with Crippen molar-refractivity contribution in [2.45, 2.75) is 23.9 Å². The van der Waals surface area contributed by atoms with Gasteiger partial charge in [-0.2, -0.15) is 0 Å². The Bertz CT molecular complexity index is 1430. The molecule has 1 fully saturated rings. The number of thiazole rings is 1. The predicted molar refractivity (Wildman–Crippen MR) is 139 cm³/mol. The molecule has 3 heterocycles. The molecular formula is C23H26ClN5O3S2. The van der Waals surface area contributed by atoms with Crippen LogP contribution in [-0.4, -0.2) is 43.0 Å². The van der Waals surface area contributed by atoms with Gasteiger partial charge in [-0.15, -0.1) is 11.3 Å². The summed E-state index contributed by atoms with van der Waals surface area (Å²) in [5.74, 6) is -0.0704. The van der Waals surface area contributed by atoms with E-state index in [0.29, 0.717) is 16.7 Å². The number of benzene rings is 2. The molecule has 11 heteroatoms. The third-order valence-corrected chi connectivity index (χ3v) is 8.25. The fourth-order valence-corrected chi connectivity index (χ4v) is 6.25. The number of hydrogen-bond donors (Lipinski definition) is 2. The van der Waals surface area contributed by atoms with Crippen LogP contribution < -0.4 is 14.9 Å². The number of hydrogen-bond acceptors (Lipinski definition) is 6. The summed E-state index contributed by atoms with van der Waals surface area (Å²) in [6.45, 7) is 1.62. The van der Waals surface area contributed by atoms with Gasteiger partial charge < -0.3 is 14.8 Å². The van der Waals surface area contributed by atoms with Crippen molar-refractivity contribution in [1.82, 2.24) is 14.9 Å². The van der Waals surface area contributed by atoms with Crippen LogP contribution in [0.2, 0.25) is 5.02 Å². The molecule has 1 amide bonds. The maximum Gasteiger partial charge on any atom is 0.263 e. The van der Waals surface area contributed by atoms with E-state index in [9.17, 15) is 13.2 Å². The summed E-state index contributed by atoms with van der Waals surface area (Å²) in [6, 6.07) is 14.4. The molecule has 180 valence electrons. The standard InChI is InChI=1S/C23H22ClN5O3S2.2H2/c24-20-3-1-2-16-8-11-29(22(16)20)15-21(30)26-17-9-12-28(14-17)18-4-6-19(7-5-18)34(31,32)27-23-25-10-13-33-23;;/h1-8,10-11,13,17H,9,12,14-15H2,(H,25,27)(H,26,30);2*1H/t17-;;/m0../s1. The zero-order valence-corrected chi connectivity index (χ0v) is 20.4. The van der Waals surface area contributed by atoms with Crippen molar-refractivity contribution >= 4 is 60.6 Å². The second-order valence-corrected chi connectivity index (χ2v) is 11.0. The minimum absolute atomic E-state index is 0. The Balaban J connectivity index is 0.00000180. The average molecular weight is 520 g/mol. The molecule has 1 aliphatic heterocycles. The lowest BCUT2D eigenvalue weighted by molar-refractivity contribution is -0.122. The fourth-order valence-electron chi connectivity index (χ4n) is 4.17. The Kier molecular flexibility index (Phi) is 6.20. The molecule has 2 aromatic heterocycles. The third kappa shape index (κ3) is 4.75. The third-order valence-electron chi connectivity index (χ3n) is 5.77. The van der Waals surface area contributed by atoms with Crippen molar-refractivity contribution in [3.63, 3.8) is 0 Å². The van der Waals surface area contributed by atoms with Crippen LogP contribution in [0.15, 0.2) is 71.2 Å². The number of nitrogens with zero attached hydrogens (tertiary/aromatic N) is 3. The van der Waals surface area contributed by atoms with E-state index in [2.05, 4.69) is 19.9 Å². The molecule has 34 heavy (non-hydrogen) atoms. The maximum absolute atomic E-state index is 12.7. The highest BCUT2D eigenvalue weighted by atomic mass is 35.5. The Hall–Kier alpha value is -3.08. The summed E-state index contributed by atoms with van der Waals surface area (Å²) in [4.78, 5) is 18.9. The van der Waals surface area contributed by atoms with Gasteiger partial charge in [0.05, 0.1) is 15.4 Å². The second-order valence-electron chi connectivity index (χ2n) is 8.06. The number of amides is 1. The van der Waals surface area contributed by atoms with Crippen molar-refractivity contribution in [2.75, 3.05) is 22.7 Å². The number of rotatable bonds is 7. The van der Waals surface area contributed by atoms with E-state index in [1.807, 2.05) is 35.0 Å². The van der Waals surface area contributed by atoms with E-state index in [-0.39, 0.29) is 26.2 Å². The van der Waals surface area contributed by atoms with Gasteiger partial charge in [0.15, 0.2) is 5.13 Å². The number of carbonyl (C=O) groups excluding carboxylic acids is 1. The van der Waals surface area contributed by atoms with Gasteiger partial charge >= 0.3 is 0 Å². The summed E-state index contributed by atoms with van der Waals surface area (Å²) in [7, 11) is -3.68. The quantitative estimate of drug-likeness (QED) is 0.376. The van der Waals surface area contributed by atoms with Gasteiger partial charge in [-0.05, 0) is 42.8 Å². The molecule has 4 aromatic rings. The lowest BCUT2D eigenvalue weighted by Crippen LogP contribution is -2.38. The Labute approximate surface area is 209 Å². The normalized spacial score (nSPS) is 16.1. The van der Waals surface area contributed by atoms with Crippen LogP contribution >= 0.6 is 22.9 Å². The first-order valence-corrected chi connectivity index (χ1v) is 13.4. The summed E-state index contributed by atoms with van der Waals surface area (Å²) in [5.41, 5.74) is 1.76. The number of para-hydroxylation sites is 1. The molecule has 5 rings (SSSR count). The number of nitrogens with one attached hydrogen (secondary N) is 2. The maximum atomic E-state index is 12.7. The van der Waals surface area contributed by atoms with E-state index in [1.165, 1.54) is 11.3 Å². The molecule has 1 aliphatic rings. The molecule has 0 aliphatic carbocycles. The first-order valence-electron chi connectivity index (χ1n) is 10.7. The number of halogens is 1. The summed E-state index contributed by atoms with van der Waals surface area (Å²) >= 11 is 7.54. The number of sulfonamides is 1. The van der Waals surface area contributed by atoms with E-state index in [0.717, 1.165) is 29.6 Å². The van der Waals surface area contributed by atoms with Gasteiger partial charge in [-0.3, -0.25) is 9.52 Å². The molecular weight excluding hydrogens is 494 g/mol. The van der Waals surface area contributed by atoms with Crippen molar-refractivity contribution < 1.29 is 16.1 Å². The van der Waals surface area contributed by atoms with Gasteiger partial charge in [-0.1, -0.05) is 23.7 Å². The second kappa shape index (κ2) is 9.28. The summed E-state index contributed by atoms with van der Waals surface area (Å²) < 4.78 is 29.4. The molecule has 0 bridgehead atoms. The van der Waals surface area contributed by atoms with Gasteiger partial charge in [0.25, 0.3) is 10.0 Å². The zero-order valence-electron chi connectivity index (χ0n) is 18.0. The number of anilines is 2. The number of aromatic nitrogens is 2.